The van der Waals surface area contributed by atoms with Gasteiger partial charge in [-0.25, -0.2) is 0 Å². The molecule has 0 aliphatic carbocycles. The number of carbonyl (C=O) groups excluding carboxylic acids is 1. The second-order valence-electron chi connectivity index (χ2n) is 3.17. The van der Waals surface area contributed by atoms with Crippen molar-refractivity contribution in [2.75, 3.05) is 7.11 Å². The molecule has 84 valence electrons. The van der Waals surface area contributed by atoms with E-state index in [1.165, 1.54) is 12.0 Å². The summed E-state index contributed by atoms with van der Waals surface area (Å²) in [4.78, 5) is 13.5. The van der Waals surface area contributed by atoms with Gasteiger partial charge in [-0.3, -0.25) is 4.79 Å². The van der Waals surface area contributed by atoms with Crippen molar-refractivity contribution in [3.8, 4) is 0 Å². The topological polar surface area (TPSA) is 52.3 Å². The number of ether oxygens (including phenoxy) is 1. The maximum atomic E-state index is 11.1. The number of nitrogens with two attached hydrogens (primary N) is 1. The number of thiophene rings is 1. The van der Waals surface area contributed by atoms with Gasteiger partial charge >= 0.3 is 5.97 Å². The van der Waals surface area contributed by atoms with E-state index in [2.05, 4.69) is 27.6 Å². The average Bonchev–Trinajstić information content (AvgIpc) is 2.57. The van der Waals surface area contributed by atoms with E-state index < -0.39 is 6.04 Å². The lowest BCUT2D eigenvalue weighted by Crippen LogP contribution is -2.33. The van der Waals surface area contributed by atoms with Crippen LogP contribution in [-0.4, -0.2) is 19.1 Å². The Hall–Kier alpha value is -0.390. The van der Waals surface area contributed by atoms with Crippen LogP contribution in [0.5, 0.6) is 0 Å². The SMILES string of the molecule is CCc1sc(CC(N)C(=O)OC)cc1Br. The van der Waals surface area contributed by atoms with Gasteiger partial charge in [0.2, 0.25) is 0 Å². The van der Waals surface area contributed by atoms with E-state index in [-0.39, 0.29) is 5.97 Å². The Morgan fingerprint density at radius 3 is 2.87 bits per heavy atom. The zero-order valence-electron chi connectivity index (χ0n) is 8.75. The molecule has 0 aromatic carbocycles. The van der Waals surface area contributed by atoms with Crippen molar-refractivity contribution in [3.05, 3.63) is 20.3 Å². The first-order chi connectivity index (χ1) is 7.08. The molecule has 1 unspecified atom stereocenters. The summed E-state index contributed by atoms with van der Waals surface area (Å²) in [5, 5.41) is 0. The summed E-state index contributed by atoms with van der Waals surface area (Å²) in [6.07, 6.45) is 1.52. The first-order valence-electron chi connectivity index (χ1n) is 4.69. The van der Waals surface area contributed by atoms with Crippen molar-refractivity contribution in [1.82, 2.24) is 0 Å². The van der Waals surface area contributed by atoms with Gasteiger partial charge in [-0.2, -0.15) is 0 Å². The van der Waals surface area contributed by atoms with Crippen LogP contribution in [0.1, 0.15) is 16.7 Å². The Kier molecular flexibility index (Phi) is 4.76. The maximum Gasteiger partial charge on any atom is 0.323 e. The van der Waals surface area contributed by atoms with E-state index >= 15 is 0 Å². The summed E-state index contributed by atoms with van der Waals surface area (Å²) < 4.78 is 5.68. The molecule has 1 aromatic rings. The lowest BCUT2D eigenvalue weighted by atomic mass is 10.2. The van der Waals surface area contributed by atoms with Crippen LogP contribution in [-0.2, 0) is 22.4 Å². The summed E-state index contributed by atoms with van der Waals surface area (Å²) in [6, 6.07) is 1.46. The fraction of sp³-hybridized carbons (Fsp3) is 0.500. The second-order valence-corrected chi connectivity index (χ2v) is 5.25. The van der Waals surface area contributed by atoms with E-state index in [9.17, 15) is 4.79 Å². The highest BCUT2D eigenvalue weighted by atomic mass is 79.9. The Morgan fingerprint density at radius 2 is 2.40 bits per heavy atom. The molecule has 0 radical (unpaired) electrons. The first-order valence-corrected chi connectivity index (χ1v) is 6.30. The highest BCUT2D eigenvalue weighted by Crippen LogP contribution is 2.28. The minimum atomic E-state index is -0.565. The summed E-state index contributed by atoms with van der Waals surface area (Å²) in [6.45, 7) is 2.10. The van der Waals surface area contributed by atoms with Gasteiger partial charge in [0.25, 0.3) is 0 Å². The normalized spacial score (nSPS) is 12.5. The number of carbonyl (C=O) groups is 1. The minimum absolute atomic E-state index is 0.363. The predicted octanol–water partition coefficient (Wildman–Crippen LogP) is 2.12. The van der Waals surface area contributed by atoms with Crippen molar-refractivity contribution in [3.63, 3.8) is 0 Å². The molecule has 3 nitrogen and oxygen atoms in total. The third-order valence-electron chi connectivity index (χ3n) is 2.05. The highest BCUT2D eigenvalue weighted by Gasteiger charge is 2.16. The van der Waals surface area contributed by atoms with Crippen LogP contribution in [0.2, 0.25) is 0 Å². The number of methoxy groups -OCH3 is 1. The van der Waals surface area contributed by atoms with Crippen LogP contribution in [0.15, 0.2) is 10.5 Å². The molecule has 0 amide bonds. The molecule has 0 saturated heterocycles. The molecule has 15 heavy (non-hydrogen) atoms. The number of esters is 1. The summed E-state index contributed by atoms with van der Waals surface area (Å²) in [7, 11) is 1.35. The number of halogens is 1. The van der Waals surface area contributed by atoms with Crippen LogP contribution in [0.3, 0.4) is 0 Å². The molecule has 0 spiro atoms. The van der Waals surface area contributed by atoms with E-state index in [1.807, 2.05) is 6.07 Å². The molecule has 1 aromatic heterocycles. The molecule has 1 atom stereocenters. The van der Waals surface area contributed by atoms with Crippen LogP contribution in [0.4, 0.5) is 0 Å². The summed E-state index contributed by atoms with van der Waals surface area (Å²) >= 11 is 5.16. The molecule has 0 bridgehead atoms. The molecule has 0 aliphatic heterocycles. The van der Waals surface area contributed by atoms with Gasteiger partial charge in [0.15, 0.2) is 0 Å². The zero-order valence-corrected chi connectivity index (χ0v) is 11.2. The fourth-order valence-corrected chi connectivity index (χ4v) is 3.26. The van der Waals surface area contributed by atoms with Gasteiger partial charge in [-0.15, -0.1) is 11.3 Å². The van der Waals surface area contributed by atoms with Gasteiger partial charge < -0.3 is 10.5 Å². The van der Waals surface area contributed by atoms with Gasteiger partial charge in [-0.1, -0.05) is 6.92 Å². The monoisotopic (exact) mass is 291 g/mol. The Morgan fingerprint density at radius 1 is 1.73 bits per heavy atom. The number of rotatable bonds is 4. The highest BCUT2D eigenvalue weighted by molar-refractivity contribution is 9.10. The lowest BCUT2D eigenvalue weighted by Gasteiger charge is -2.06. The number of hydrogen-bond donors (Lipinski definition) is 1. The van der Waals surface area contributed by atoms with E-state index in [0.717, 1.165) is 15.8 Å². The Balaban J connectivity index is 2.68. The van der Waals surface area contributed by atoms with Crippen molar-refractivity contribution in [2.45, 2.75) is 25.8 Å². The zero-order chi connectivity index (χ0) is 11.4. The lowest BCUT2D eigenvalue weighted by molar-refractivity contribution is -0.142. The van der Waals surface area contributed by atoms with E-state index in [0.29, 0.717) is 6.42 Å². The molecule has 0 saturated carbocycles. The number of hydrogen-bond acceptors (Lipinski definition) is 4. The van der Waals surface area contributed by atoms with Crippen molar-refractivity contribution in [2.24, 2.45) is 5.73 Å². The van der Waals surface area contributed by atoms with Crippen LogP contribution in [0, 0.1) is 0 Å². The van der Waals surface area contributed by atoms with Crippen molar-refractivity contribution >= 4 is 33.2 Å². The number of aryl methyl sites for hydroxylation is 1. The quantitative estimate of drug-likeness (QED) is 0.865. The standard InChI is InChI=1S/C10H14BrNO2S/c1-3-9-7(11)4-6(15-9)5-8(12)10(13)14-2/h4,8H,3,5,12H2,1-2H3. The van der Waals surface area contributed by atoms with Gasteiger partial charge in [0, 0.05) is 20.6 Å². The average molecular weight is 292 g/mol. The molecule has 5 heteroatoms. The van der Waals surface area contributed by atoms with E-state index in [1.54, 1.807) is 11.3 Å². The van der Waals surface area contributed by atoms with Crippen LogP contribution >= 0.6 is 27.3 Å². The van der Waals surface area contributed by atoms with Crippen LogP contribution < -0.4 is 5.73 Å². The molecule has 1 heterocycles. The molecule has 0 aliphatic rings. The second kappa shape index (κ2) is 5.63. The smallest absolute Gasteiger partial charge is 0.323 e. The third-order valence-corrected chi connectivity index (χ3v) is 4.33. The third kappa shape index (κ3) is 3.29. The van der Waals surface area contributed by atoms with Crippen molar-refractivity contribution < 1.29 is 9.53 Å². The fourth-order valence-electron chi connectivity index (χ4n) is 1.25. The molecule has 2 N–H and O–H groups in total. The van der Waals surface area contributed by atoms with Gasteiger partial charge in [0.1, 0.15) is 6.04 Å². The maximum absolute atomic E-state index is 11.1. The molecular weight excluding hydrogens is 278 g/mol. The Labute approximate surface area is 102 Å². The van der Waals surface area contributed by atoms with Gasteiger partial charge in [-0.05, 0) is 28.4 Å². The largest absolute Gasteiger partial charge is 0.468 e. The Bertz CT molecular complexity index is 351. The minimum Gasteiger partial charge on any atom is -0.468 e. The molecule has 0 fully saturated rings. The van der Waals surface area contributed by atoms with Crippen molar-refractivity contribution in [1.29, 1.82) is 0 Å². The molecular formula is C10H14BrNO2S. The predicted molar refractivity (Wildman–Crippen MR) is 65.1 cm³/mol. The first kappa shape index (κ1) is 12.7. The molecule has 1 rings (SSSR count). The van der Waals surface area contributed by atoms with Crippen LogP contribution in [0.25, 0.3) is 0 Å². The summed E-state index contributed by atoms with van der Waals surface area (Å²) in [5.41, 5.74) is 5.68. The van der Waals surface area contributed by atoms with Gasteiger partial charge in [0.05, 0.1) is 7.11 Å². The summed E-state index contributed by atoms with van der Waals surface area (Å²) in [5.74, 6) is -0.363. The van der Waals surface area contributed by atoms with E-state index in [4.69, 9.17) is 5.73 Å².